The van der Waals surface area contributed by atoms with Gasteiger partial charge in [0.05, 0.1) is 17.9 Å². The molecule has 6 nitrogen and oxygen atoms in total. The Kier molecular flexibility index (Phi) is 6.74. The van der Waals surface area contributed by atoms with Gasteiger partial charge < -0.3 is 10.1 Å². The minimum atomic E-state index is -0.691. The van der Waals surface area contributed by atoms with Crippen molar-refractivity contribution in [3.8, 4) is 29.3 Å². The van der Waals surface area contributed by atoms with E-state index in [1.165, 1.54) is 24.3 Å². The van der Waals surface area contributed by atoms with Crippen LogP contribution in [-0.2, 0) is 14.3 Å². The number of para-hydroxylation sites is 1. The second kappa shape index (κ2) is 9.85. The molecule has 7 heteroatoms. The first-order valence-electron chi connectivity index (χ1n) is 9.03. The zero-order chi connectivity index (χ0) is 21.3. The summed E-state index contributed by atoms with van der Waals surface area (Å²) >= 11 is 0. The molecule has 0 atom stereocenters. The third-order valence-corrected chi connectivity index (χ3v) is 4.01. The SMILES string of the molecule is C#CCNC(=O)COC(=O)/C=C/c1cn(-c2ccccc2)nc1-c1ccc(F)cc1. The lowest BCUT2D eigenvalue weighted by molar-refractivity contribution is -0.143. The Labute approximate surface area is 173 Å². The number of benzene rings is 2. The van der Waals surface area contributed by atoms with E-state index in [-0.39, 0.29) is 12.4 Å². The van der Waals surface area contributed by atoms with Crippen molar-refractivity contribution in [2.24, 2.45) is 0 Å². The van der Waals surface area contributed by atoms with Gasteiger partial charge in [-0.1, -0.05) is 24.1 Å². The van der Waals surface area contributed by atoms with Gasteiger partial charge in [-0.3, -0.25) is 4.79 Å². The lowest BCUT2D eigenvalue weighted by Gasteiger charge is -2.02. The van der Waals surface area contributed by atoms with Crippen molar-refractivity contribution in [3.63, 3.8) is 0 Å². The number of aromatic nitrogens is 2. The minimum absolute atomic E-state index is 0.0614. The van der Waals surface area contributed by atoms with Crippen LogP contribution in [0.4, 0.5) is 4.39 Å². The fourth-order valence-corrected chi connectivity index (χ4v) is 2.60. The molecular formula is C23H18FN3O3. The molecule has 1 N–H and O–H groups in total. The molecule has 150 valence electrons. The van der Waals surface area contributed by atoms with Gasteiger partial charge in [0.25, 0.3) is 5.91 Å². The average molecular weight is 403 g/mol. The number of halogens is 1. The van der Waals surface area contributed by atoms with Crippen LogP contribution >= 0.6 is 0 Å². The molecule has 0 unspecified atom stereocenters. The molecule has 0 spiro atoms. The van der Waals surface area contributed by atoms with Crippen LogP contribution < -0.4 is 5.32 Å². The standard InChI is InChI=1S/C23H18FN3O3/c1-2-14-25-21(28)16-30-22(29)13-10-18-15-27(20-6-4-3-5-7-20)26-23(18)17-8-11-19(24)12-9-17/h1,3-13,15H,14,16H2,(H,25,28)/b13-10+. The Bertz CT molecular complexity index is 1100. The summed E-state index contributed by atoms with van der Waals surface area (Å²) in [6, 6.07) is 15.3. The van der Waals surface area contributed by atoms with E-state index >= 15 is 0 Å². The van der Waals surface area contributed by atoms with E-state index in [0.29, 0.717) is 16.8 Å². The number of nitrogens with one attached hydrogen (secondary N) is 1. The number of amides is 1. The Hall–Kier alpha value is -4.18. The maximum Gasteiger partial charge on any atom is 0.331 e. The number of carbonyl (C=O) groups is 2. The van der Waals surface area contributed by atoms with Crippen molar-refractivity contribution in [2.45, 2.75) is 0 Å². The minimum Gasteiger partial charge on any atom is -0.452 e. The molecule has 0 aliphatic rings. The van der Waals surface area contributed by atoms with E-state index in [9.17, 15) is 14.0 Å². The zero-order valence-electron chi connectivity index (χ0n) is 15.9. The third-order valence-electron chi connectivity index (χ3n) is 4.01. The molecule has 1 amide bonds. The number of hydrogen-bond donors (Lipinski definition) is 1. The van der Waals surface area contributed by atoms with Gasteiger partial charge >= 0.3 is 5.97 Å². The number of carbonyl (C=O) groups excluding carboxylic acids is 2. The van der Waals surface area contributed by atoms with Crippen LogP contribution in [0.1, 0.15) is 5.56 Å². The Morgan fingerprint density at radius 2 is 1.90 bits per heavy atom. The summed E-state index contributed by atoms with van der Waals surface area (Å²) in [5, 5.41) is 6.97. The molecule has 1 heterocycles. The van der Waals surface area contributed by atoms with Gasteiger partial charge in [0.1, 0.15) is 5.82 Å². The number of hydrogen-bond acceptors (Lipinski definition) is 4. The summed E-state index contributed by atoms with van der Waals surface area (Å²) in [6.45, 7) is -0.370. The predicted molar refractivity (Wildman–Crippen MR) is 111 cm³/mol. The molecular weight excluding hydrogens is 385 g/mol. The van der Waals surface area contributed by atoms with Crippen molar-refractivity contribution < 1.29 is 18.7 Å². The van der Waals surface area contributed by atoms with Crippen molar-refractivity contribution in [1.82, 2.24) is 15.1 Å². The van der Waals surface area contributed by atoms with Crippen molar-refractivity contribution in [1.29, 1.82) is 0 Å². The number of ether oxygens (including phenoxy) is 1. The maximum atomic E-state index is 13.3. The van der Waals surface area contributed by atoms with E-state index in [0.717, 1.165) is 5.69 Å². The van der Waals surface area contributed by atoms with Crippen LogP contribution in [-0.4, -0.2) is 34.8 Å². The average Bonchev–Trinajstić information content (AvgIpc) is 3.20. The van der Waals surface area contributed by atoms with Crippen LogP contribution in [0.3, 0.4) is 0 Å². The van der Waals surface area contributed by atoms with Gasteiger partial charge in [-0.05, 0) is 42.5 Å². The molecule has 0 bridgehead atoms. The highest BCUT2D eigenvalue weighted by Crippen LogP contribution is 2.25. The number of nitrogens with zero attached hydrogens (tertiary/aromatic N) is 2. The molecule has 0 saturated heterocycles. The molecule has 2 aromatic carbocycles. The topological polar surface area (TPSA) is 73.2 Å². The number of esters is 1. The fourth-order valence-electron chi connectivity index (χ4n) is 2.60. The zero-order valence-corrected chi connectivity index (χ0v) is 15.9. The highest BCUT2D eigenvalue weighted by atomic mass is 19.1. The molecule has 0 radical (unpaired) electrons. The lowest BCUT2D eigenvalue weighted by atomic mass is 10.1. The number of terminal acetylenes is 1. The maximum absolute atomic E-state index is 13.3. The van der Waals surface area contributed by atoms with Gasteiger partial charge in [0, 0.05) is 23.4 Å². The quantitative estimate of drug-likeness (QED) is 0.374. The third kappa shape index (κ3) is 5.42. The van der Waals surface area contributed by atoms with E-state index < -0.39 is 18.5 Å². The Morgan fingerprint density at radius 3 is 2.60 bits per heavy atom. The van der Waals surface area contributed by atoms with Crippen molar-refractivity contribution >= 4 is 18.0 Å². The summed E-state index contributed by atoms with van der Waals surface area (Å²) in [5.74, 6) is 0.720. The fraction of sp³-hybridized carbons (Fsp3) is 0.0870. The van der Waals surface area contributed by atoms with Crippen LogP contribution in [0.5, 0.6) is 0 Å². The first-order valence-corrected chi connectivity index (χ1v) is 9.03. The highest BCUT2D eigenvalue weighted by Gasteiger charge is 2.12. The van der Waals surface area contributed by atoms with Crippen molar-refractivity contribution in [3.05, 3.63) is 78.3 Å². The molecule has 0 saturated carbocycles. The second-order valence-corrected chi connectivity index (χ2v) is 6.14. The van der Waals surface area contributed by atoms with Gasteiger partial charge in [-0.2, -0.15) is 5.10 Å². The van der Waals surface area contributed by atoms with Gasteiger partial charge in [-0.25, -0.2) is 13.9 Å². The van der Waals surface area contributed by atoms with Crippen molar-refractivity contribution in [2.75, 3.05) is 13.2 Å². The summed E-state index contributed by atoms with van der Waals surface area (Å²) in [4.78, 5) is 23.4. The molecule has 3 aromatic rings. The van der Waals surface area contributed by atoms with Crippen LogP contribution in [0.15, 0.2) is 66.9 Å². The van der Waals surface area contributed by atoms with Crippen LogP contribution in [0.2, 0.25) is 0 Å². The summed E-state index contributed by atoms with van der Waals surface area (Å²) in [5.41, 5.74) is 2.70. The summed E-state index contributed by atoms with van der Waals surface area (Å²) in [7, 11) is 0. The first kappa shape index (κ1) is 20.6. The Balaban J connectivity index is 1.82. The summed E-state index contributed by atoms with van der Waals surface area (Å²) < 4.78 is 19.9. The predicted octanol–water partition coefficient (Wildman–Crippen LogP) is 2.98. The summed E-state index contributed by atoms with van der Waals surface area (Å²) in [6.07, 6.45) is 9.53. The van der Waals surface area contributed by atoms with Crippen LogP contribution in [0, 0.1) is 18.2 Å². The van der Waals surface area contributed by atoms with Gasteiger partial charge in [-0.15, -0.1) is 6.42 Å². The molecule has 3 rings (SSSR count). The van der Waals surface area contributed by atoms with E-state index in [1.807, 2.05) is 30.3 Å². The van der Waals surface area contributed by atoms with Crippen LogP contribution in [0.25, 0.3) is 23.0 Å². The number of rotatable bonds is 7. The van der Waals surface area contributed by atoms with Gasteiger partial charge in [0.15, 0.2) is 6.61 Å². The van der Waals surface area contributed by atoms with E-state index in [4.69, 9.17) is 11.2 Å². The lowest BCUT2D eigenvalue weighted by Crippen LogP contribution is -2.28. The molecule has 0 aliphatic heterocycles. The second-order valence-electron chi connectivity index (χ2n) is 6.14. The molecule has 30 heavy (non-hydrogen) atoms. The molecule has 0 fully saturated rings. The first-order chi connectivity index (χ1) is 14.6. The van der Waals surface area contributed by atoms with E-state index in [2.05, 4.69) is 16.3 Å². The normalized spacial score (nSPS) is 10.5. The smallest absolute Gasteiger partial charge is 0.331 e. The van der Waals surface area contributed by atoms with E-state index in [1.54, 1.807) is 23.0 Å². The van der Waals surface area contributed by atoms with Gasteiger partial charge in [0.2, 0.25) is 0 Å². The Morgan fingerprint density at radius 1 is 1.17 bits per heavy atom. The highest BCUT2D eigenvalue weighted by molar-refractivity contribution is 5.90. The molecule has 1 aromatic heterocycles. The molecule has 0 aliphatic carbocycles. The monoisotopic (exact) mass is 403 g/mol. The largest absolute Gasteiger partial charge is 0.452 e.